The van der Waals surface area contributed by atoms with Crippen molar-refractivity contribution >= 4 is 15.9 Å². The van der Waals surface area contributed by atoms with E-state index in [4.69, 9.17) is 10.5 Å². The molecule has 1 unspecified atom stereocenters. The first-order valence-corrected chi connectivity index (χ1v) is 6.68. The highest BCUT2D eigenvalue weighted by molar-refractivity contribution is 9.10. The summed E-state index contributed by atoms with van der Waals surface area (Å²) < 4.78 is 6.69. The summed E-state index contributed by atoms with van der Waals surface area (Å²) in [5.74, 6) is 1.27. The van der Waals surface area contributed by atoms with Gasteiger partial charge in [0.1, 0.15) is 5.75 Å². The molecule has 0 aromatic heterocycles. The van der Waals surface area contributed by atoms with E-state index in [0.717, 1.165) is 10.2 Å². The molecule has 2 N–H and O–H groups in total. The van der Waals surface area contributed by atoms with E-state index in [1.165, 1.54) is 11.1 Å². The molecule has 0 saturated carbocycles. The van der Waals surface area contributed by atoms with Gasteiger partial charge in [-0.05, 0) is 35.6 Å². The Hall–Kier alpha value is -0.540. The molecule has 2 nitrogen and oxygen atoms in total. The zero-order chi connectivity index (χ0) is 13.2. The van der Waals surface area contributed by atoms with Crippen LogP contribution in [0.4, 0.5) is 0 Å². The average molecular weight is 300 g/mol. The number of methoxy groups -OCH3 is 1. The number of hydrogen-bond acceptors (Lipinski definition) is 2. The fourth-order valence-corrected chi connectivity index (χ4v) is 2.37. The zero-order valence-corrected chi connectivity index (χ0v) is 12.9. The molecule has 3 heteroatoms. The average Bonchev–Trinajstić information content (AvgIpc) is 2.25. The van der Waals surface area contributed by atoms with Crippen LogP contribution in [0.1, 0.15) is 44.7 Å². The van der Waals surface area contributed by atoms with Crippen LogP contribution < -0.4 is 10.5 Å². The van der Waals surface area contributed by atoms with E-state index < -0.39 is 0 Å². The van der Waals surface area contributed by atoms with Crippen molar-refractivity contribution in [3.05, 3.63) is 27.7 Å². The smallest absolute Gasteiger partial charge is 0.126 e. The first-order valence-electron chi connectivity index (χ1n) is 5.89. The van der Waals surface area contributed by atoms with Crippen LogP contribution in [0.3, 0.4) is 0 Å². The topological polar surface area (TPSA) is 35.2 Å². The van der Waals surface area contributed by atoms with Gasteiger partial charge in [-0.15, -0.1) is 0 Å². The van der Waals surface area contributed by atoms with Gasteiger partial charge in [0.15, 0.2) is 0 Å². The molecule has 1 aromatic rings. The Morgan fingerprint density at radius 1 is 1.35 bits per heavy atom. The van der Waals surface area contributed by atoms with E-state index in [0.29, 0.717) is 12.5 Å². The van der Waals surface area contributed by atoms with Gasteiger partial charge in [-0.25, -0.2) is 0 Å². The number of benzene rings is 1. The third kappa shape index (κ3) is 3.23. The minimum Gasteiger partial charge on any atom is -0.496 e. The molecule has 0 aliphatic carbocycles. The van der Waals surface area contributed by atoms with Crippen molar-refractivity contribution in [1.29, 1.82) is 0 Å². The van der Waals surface area contributed by atoms with E-state index in [9.17, 15) is 0 Å². The Morgan fingerprint density at radius 3 is 2.35 bits per heavy atom. The zero-order valence-electron chi connectivity index (χ0n) is 11.3. The van der Waals surface area contributed by atoms with Crippen LogP contribution >= 0.6 is 15.9 Å². The van der Waals surface area contributed by atoms with E-state index >= 15 is 0 Å². The van der Waals surface area contributed by atoms with Crippen molar-refractivity contribution in [3.8, 4) is 5.75 Å². The van der Waals surface area contributed by atoms with Gasteiger partial charge in [0.05, 0.1) is 7.11 Å². The Labute approximate surface area is 113 Å². The van der Waals surface area contributed by atoms with Gasteiger partial charge < -0.3 is 10.5 Å². The molecular weight excluding hydrogens is 278 g/mol. The molecule has 0 bridgehead atoms. The van der Waals surface area contributed by atoms with Crippen LogP contribution in [0.2, 0.25) is 0 Å². The van der Waals surface area contributed by atoms with Gasteiger partial charge in [-0.1, -0.05) is 43.6 Å². The Balaban J connectivity index is 3.46. The van der Waals surface area contributed by atoms with Gasteiger partial charge in [0, 0.05) is 10.0 Å². The monoisotopic (exact) mass is 299 g/mol. The molecule has 0 fully saturated rings. The second kappa shape index (κ2) is 5.40. The normalized spacial score (nSPS) is 13.6. The minimum atomic E-state index is 0.0538. The van der Waals surface area contributed by atoms with E-state index in [1.807, 2.05) is 0 Å². The maximum atomic E-state index is 5.77. The highest BCUT2D eigenvalue weighted by Crippen LogP contribution is 2.39. The summed E-state index contributed by atoms with van der Waals surface area (Å²) in [5, 5.41) is 0. The Bertz CT molecular complexity index is 396. The number of rotatable bonds is 3. The number of halogens is 1. The van der Waals surface area contributed by atoms with Gasteiger partial charge in [0.2, 0.25) is 0 Å². The first kappa shape index (κ1) is 14.5. The fraction of sp³-hybridized carbons (Fsp3) is 0.571. The lowest BCUT2D eigenvalue weighted by molar-refractivity contribution is 0.389. The molecule has 17 heavy (non-hydrogen) atoms. The summed E-state index contributed by atoms with van der Waals surface area (Å²) in [6.45, 7) is 9.31. The van der Waals surface area contributed by atoms with Crippen molar-refractivity contribution in [2.75, 3.05) is 13.7 Å². The molecule has 0 aliphatic rings. The Morgan fingerprint density at radius 2 is 1.94 bits per heavy atom. The molecule has 0 aliphatic heterocycles. The molecular formula is C14H22BrNO. The quantitative estimate of drug-likeness (QED) is 0.921. The summed E-state index contributed by atoms with van der Waals surface area (Å²) in [5.41, 5.74) is 8.21. The molecule has 0 spiro atoms. The fourth-order valence-electron chi connectivity index (χ4n) is 1.89. The van der Waals surface area contributed by atoms with Crippen LogP contribution in [0.15, 0.2) is 16.6 Å². The Kier molecular flexibility index (Phi) is 4.62. The SMILES string of the molecule is COc1c(C(C)CN)cc(Br)cc1C(C)(C)C. The molecule has 96 valence electrons. The van der Waals surface area contributed by atoms with Gasteiger partial charge in [-0.2, -0.15) is 0 Å². The number of ether oxygens (including phenoxy) is 1. The van der Waals surface area contributed by atoms with Gasteiger partial charge >= 0.3 is 0 Å². The van der Waals surface area contributed by atoms with Crippen LogP contribution in [-0.4, -0.2) is 13.7 Å². The van der Waals surface area contributed by atoms with Crippen molar-refractivity contribution in [3.63, 3.8) is 0 Å². The third-order valence-corrected chi connectivity index (χ3v) is 3.44. The number of nitrogens with two attached hydrogens (primary N) is 1. The second-order valence-electron chi connectivity index (χ2n) is 5.46. The van der Waals surface area contributed by atoms with Crippen LogP contribution in [-0.2, 0) is 5.41 Å². The minimum absolute atomic E-state index is 0.0538. The molecule has 1 rings (SSSR count). The predicted octanol–water partition coefficient (Wildman–Crippen LogP) is 3.82. The molecule has 0 heterocycles. The lowest BCUT2D eigenvalue weighted by Crippen LogP contribution is -2.16. The molecule has 0 amide bonds. The summed E-state index contributed by atoms with van der Waals surface area (Å²) in [6.07, 6.45) is 0. The largest absolute Gasteiger partial charge is 0.496 e. The van der Waals surface area contributed by atoms with Crippen molar-refractivity contribution in [2.45, 2.75) is 39.0 Å². The van der Waals surface area contributed by atoms with E-state index in [-0.39, 0.29) is 5.41 Å². The lowest BCUT2D eigenvalue weighted by Gasteiger charge is -2.26. The summed E-state index contributed by atoms with van der Waals surface area (Å²) in [4.78, 5) is 0. The predicted molar refractivity (Wildman–Crippen MR) is 76.9 cm³/mol. The summed E-state index contributed by atoms with van der Waals surface area (Å²) >= 11 is 3.57. The number of hydrogen-bond donors (Lipinski definition) is 1. The van der Waals surface area contributed by atoms with Crippen molar-refractivity contribution < 1.29 is 4.74 Å². The van der Waals surface area contributed by atoms with Crippen LogP contribution in [0.25, 0.3) is 0 Å². The van der Waals surface area contributed by atoms with E-state index in [1.54, 1.807) is 7.11 Å². The molecule has 1 atom stereocenters. The second-order valence-corrected chi connectivity index (χ2v) is 6.38. The first-order chi connectivity index (χ1) is 7.81. The molecule has 0 radical (unpaired) electrons. The van der Waals surface area contributed by atoms with Crippen molar-refractivity contribution in [2.24, 2.45) is 5.73 Å². The lowest BCUT2D eigenvalue weighted by atomic mass is 9.83. The van der Waals surface area contributed by atoms with Crippen LogP contribution in [0, 0.1) is 0 Å². The van der Waals surface area contributed by atoms with Crippen LogP contribution in [0.5, 0.6) is 5.75 Å². The third-order valence-electron chi connectivity index (χ3n) is 2.98. The van der Waals surface area contributed by atoms with Crippen molar-refractivity contribution in [1.82, 2.24) is 0 Å². The highest BCUT2D eigenvalue weighted by Gasteiger charge is 2.23. The standard InChI is InChI=1S/C14H22BrNO/c1-9(8-16)11-6-10(15)7-12(13(11)17-5)14(2,3)4/h6-7,9H,8,16H2,1-5H3. The molecule has 0 saturated heterocycles. The van der Waals surface area contributed by atoms with Gasteiger partial charge in [-0.3, -0.25) is 0 Å². The van der Waals surface area contributed by atoms with Gasteiger partial charge in [0.25, 0.3) is 0 Å². The maximum Gasteiger partial charge on any atom is 0.126 e. The molecule has 1 aromatic carbocycles. The summed E-state index contributed by atoms with van der Waals surface area (Å²) in [6, 6.07) is 4.23. The van der Waals surface area contributed by atoms with E-state index in [2.05, 4.69) is 55.8 Å². The highest BCUT2D eigenvalue weighted by atomic mass is 79.9. The maximum absolute atomic E-state index is 5.77. The summed E-state index contributed by atoms with van der Waals surface area (Å²) in [7, 11) is 1.73.